The zero-order chi connectivity index (χ0) is 40.1. The van der Waals surface area contributed by atoms with Crippen LogP contribution in [0.25, 0.3) is 10.8 Å². The largest absolute Gasteiger partial charge is 0.496 e. The number of hydrogen-bond donors (Lipinski definition) is 3. The van der Waals surface area contributed by atoms with Crippen molar-refractivity contribution in [3.05, 3.63) is 42.6 Å². The Balaban J connectivity index is 1.40. The number of benzene rings is 1. The fourth-order valence-corrected chi connectivity index (χ4v) is 9.73. The van der Waals surface area contributed by atoms with Gasteiger partial charge in [0.25, 0.3) is 5.91 Å². The molecule has 1 aromatic carbocycles. The highest BCUT2D eigenvalue weighted by Crippen LogP contribution is 2.48. The van der Waals surface area contributed by atoms with Crippen molar-refractivity contribution in [3.8, 4) is 11.6 Å². The molecular weight excluding hydrogens is 734 g/mol. The van der Waals surface area contributed by atoms with Gasteiger partial charge in [0.05, 0.1) is 13.7 Å². The predicted octanol–water partition coefficient (Wildman–Crippen LogP) is 4.57. The SMILES string of the molecule is COc1cccc2c(O[C@@H]3C[C@H]4C(=O)N[C@]5(C(=O)NS(=O)(=O)C6(CF)CC6)C[C@H]5/C=C\CC[C@@H](C)C[C@@H](C)[C@H](N(C(=O)O)C(C)(C)C)C(=O)N4C3)nccc12. The van der Waals surface area contributed by atoms with Crippen LogP contribution in [0.5, 0.6) is 11.6 Å². The molecule has 0 spiro atoms. The van der Waals surface area contributed by atoms with Crippen LogP contribution in [0.15, 0.2) is 42.6 Å². The van der Waals surface area contributed by atoms with E-state index >= 15 is 4.79 Å². The Morgan fingerprint density at radius 3 is 2.51 bits per heavy atom. The first kappa shape index (κ1) is 40.2. The zero-order valence-corrected chi connectivity index (χ0v) is 33.0. The summed E-state index contributed by atoms with van der Waals surface area (Å²) in [7, 11) is -2.85. The third kappa shape index (κ3) is 7.70. The van der Waals surface area contributed by atoms with E-state index in [0.717, 1.165) is 10.3 Å². The maximum Gasteiger partial charge on any atom is 0.408 e. The molecule has 14 nitrogen and oxygen atoms in total. The van der Waals surface area contributed by atoms with Crippen molar-refractivity contribution in [2.45, 2.75) is 114 Å². The molecule has 300 valence electrons. The summed E-state index contributed by atoms with van der Waals surface area (Å²) in [5, 5.41) is 14.8. The molecule has 2 aliphatic heterocycles. The van der Waals surface area contributed by atoms with Crippen LogP contribution in [0.2, 0.25) is 0 Å². The van der Waals surface area contributed by atoms with Crippen molar-refractivity contribution in [1.82, 2.24) is 24.8 Å². The van der Waals surface area contributed by atoms with Gasteiger partial charge >= 0.3 is 6.09 Å². The highest BCUT2D eigenvalue weighted by atomic mass is 32.2. The quantitative estimate of drug-likeness (QED) is 0.321. The van der Waals surface area contributed by atoms with Gasteiger partial charge in [-0.2, -0.15) is 0 Å². The summed E-state index contributed by atoms with van der Waals surface area (Å²) < 4.78 is 52.6. The van der Waals surface area contributed by atoms with E-state index in [9.17, 15) is 32.3 Å². The van der Waals surface area contributed by atoms with Gasteiger partial charge in [-0.15, -0.1) is 0 Å². The average Bonchev–Trinajstić information content (AvgIpc) is 4.02. The standard InChI is InChI=1S/C39H52FN5O9S/c1-23-10-7-8-11-25-20-39(25,35(48)43-55(51,52)38(22-40)15-16-38)42-32(46)29-19-26(54-33-28-12-9-13-30(53-6)27(28)14-17-41-33)21-44(29)34(47)31(24(2)18-23)45(36(49)50)37(3,4)5/h8-9,11-14,17,23-26,29,31H,7,10,15-16,18-22H2,1-6H3,(H,42,46)(H,43,48)(H,49,50)/b11-8-/t23-,24-,25-,26-,29+,31+,39-/m1/s1. The number of allylic oxidation sites excluding steroid dienone is 1. The molecule has 1 aromatic heterocycles. The molecule has 3 heterocycles. The van der Waals surface area contributed by atoms with Crippen LogP contribution in [-0.4, -0.2) is 106 Å². The second kappa shape index (κ2) is 14.9. The number of ether oxygens (including phenoxy) is 2. The van der Waals surface area contributed by atoms with Crippen molar-refractivity contribution in [3.63, 3.8) is 0 Å². The molecule has 6 rings (SSSR count). The minimum atomic E-state index is -4.40. The van der Waals surface area contributed by atoms with Crippen LogP contribution in [0, 0.1) is 17.8 Å². The van der Waals surface area contributed by atoms with Crippen molar-refractivity contribution in [1.29, 1.82) is 0 Å². The van der Waals surface area contributed by atoms with Crippen molar-refractivity contribution in [2.75, 3.05) is 20.3 Å². The smallest absolute Gasteiger partial charge is 0.408 e. The average molecular weight is 786 g/mol. The number of carbonyl (C=O) groups excluding carboxylic acids is 3. The van der Waals surface area contributed by atoms with Gasteiger partial charge in [-0.05, 0) is 89.3 Å². The number of alkyl halides is 1. The molecule has 3 N–H and O–H groups in total. The second-order valence-corrected chi connectivity index (χ2v) is 18.8. The maximum atomic E-state index is 15.0. The van der Waals surface area contributed by atoms with Crippen LogP contribution >= 0.6 is 0 Å². The Morgan fingerprint density at radius 2 is 1.87 bits per heavy atom. The molecule has 0 bridgehead atoms. The lowest BCUT2D eigenvalue weighted by Crippen LogP contribution is -2.62. The number of nitrogens with one attached hydrogen (secondary N) is 2. The highest BCUT2D eigenvalue weighted by molar-refractivity contribution is 7.91. The van der Waals surface area contributed by atoms with E-state index in [0.29, 0.717) is 30.4 Å². The molecule has 2 saturated carbocycles. The molecule has 2 aromatic rings. The molecular formula is C39H52FN5O9S. The summed E-state index contributed by atoms with van der Waals surface area (Å²) in [5.74, 6) is -2.39. The number of nitrogens with zero attached hydrogens (tertiary/aromatic N) is 3. The number of methoxy groups -OCH3 is 1. The number of carboxylic acid groups (broad SMARTS) is 1. The van der Waals surface area contributed by atoms with Gasteiger partial charge in [-0.25, -0.2) is 22.6 Å². The monoisotopic (exact) mass is 785 g/mol. The number of carbonyl (C=O) groups is 4. The van der Waals surface area contributed by atoms with Gasteiger partial charge in [-0.1, -0.05) is 32.1 Å². The van der Waals surface area contributed by atoms with Crippen LogP contribution in [0.4, 0.5) is 9.18 Å². The fourth-order valence-electron chi connectivity index (χ4n) is 8.30. The number of hydrogen-bond acceptors (Lipinski definition) is 9. The number of halogens is 1. The van der Waals surface area contributed by atoms with Gasteiger partial charge in [-0.3, -0.25) is 24.0 Å². The number of sulfonamides is 1. The van der Waals surface area contributed by atoms with Crippen molar-refractivity contribution in [2.24, 2.45) is 17.8 Å². The van der Waals surface area contributed by atoms with Gasteiger partial charge in [0.2, 0.25) is 27.7 Å². The van der Waals surface area contributed by atoms with Gasteiger partial charge in [0, 0.05) is 34.8 Å². The first-order valence-corrected chi connectivity index (χ1v) is 20.4. The summed E-state index contributed by atoms with van der Waals surface area (Å²) >= 11 is 0. The minimum Gasteiger partial charge on any atom is -0.496 e. The third-order valence-electron chi connectivity index (χ3n) is 11.7. The van der Waals surface area contributed by atoms with E-state index in [1.165, 1.54) is 4.90 Å². The first-order chi connectivity index (χ1) is 25.9. The summed E-state index contributed by atoms with van der Waals surface area (Å²) in [5.41, 5.74) is -2.67. The Morgan fingerprint density at radius 1 is 1.15 bits per heavy atom. The number of rotatable bonds is 8. The number of pyridine rings is 1. The topological polar surface area (TPSA) is 185 Å². The molecule has 16 heteroatoms. The second-order valence-electron chi connectivity index (χ2n) is 16.8. The molecule has 1 saturated heterocycles. The summed E-state index contributed by atoms with van der Waals surface area (Å²) in [6.07, 6.45) is 5.19. The zero-order valence-electron chi connectivity index (χ0n) is 32.2. The molecule has 0 radical (unpaired) electrons. The van der Waals surface area contributed by atoms with E-state index < -0.39 is 86.4 Å². The Bertz CT molecular complexity index is 1980. The molecule has 4 amide bonds. The molecule has 4 aliphatic rings. The molecule has 7 atom stereocenters. The lowest BCUT2D eigenvalue weighted by atomic mass is 9.85. The van der Waals surface area contributed by atoms with Crippen LogP contribution < -0.4 is 19.5 Å². The predicted molar refractivity (Wildman–Crippen MR) is 202 cm³/mol. The number of aromatic nitrogens is 1. The summed E-state index contributed by atoms with van der Waals surface area (Å²) in [4.78, 5) is 63.4. The van der Waals surface area contributed by atoms with Crippen LogP contribution in [0.3, 0.4) is 0 Å². The van der Waals surface area contributed by atoms with Gasteiger partial charge < -0.3 is 24.8 Å². The Kier molecular flexibility index (Phi) is 10.9. The summed E-state index contributed by atoms with van der Waals surface area (Å²) in [6.45, 7) is 7.77. The normalized spacial score (nSPS) is 30.1. The van der Waals surface area contributed by atoms with E-state index in [-0.39, 0.29) is 44.0 Å². The molecule has 0 unspecified atom stereocenters. The Labute approximate surface area is 321 Å². The Hall–Kier alpha value is -4.47. The third-order valence-corrected chi connectivity index (χ3v) is 13.8. The van der Waals surface area contributed by atoms with Gasteiger partial charge in [0.1, 0.15) is 40.9 Å². The highest BCUT2D eigenvalue weighted by Gasteiger charge is 2.64. The minimum absolute atomic E-state index is 0.0405. The molecule has 2 aliphatic carbocycles. The number of fused-ring (bicyclic) bond motifs is 3. The van der Waals surface area contributed by atoms with E-state index in [2.05, 4.69) is 15.0 Å². The van der Waals surface area contributed by atoms with E-state index in [1.807, 2.05) is 26.0 Å². The van der Waals surface area contributed by atoms with Gasteiger partial charge in [0.15, 0.2) is 0 Å². The van der Waals surface area contributed by atoms with E-state index in [4.69, 9.17) is 9.47 Å². The molecule has 3 fully saturated rings. The summed E-state index contributed by atoms with van der Waals surface area (Å²) in [6, 6.07) is 4.76. The van der Waals surface area contributed by atoms with Crippen molar-refractivity contribution < 1.29 is 46.6 Å². The fraction of sp³-hybridized carbons (Fsp3) is 0.615. The lowest BCUT2D eigenvalue weighted by molar-refractivity contribution is -0.146. The maximum absolute atomic E-state index is 15.0. The van der Waals surface area contributed by atoms with Crippen LogP contribution in [0.1, 0.15) is 79.6 Å². The number of amides is 4. The first-order valence-electron chi connectivity index (χ1n) is 18.9. The van der Waals surface area contributed by atoms with Crippen molar-refractivity contribution >= 4 is 44.6 Å². The van der Waals surface area contributed by atoms with Crippen LogP contribution in [-0.2, 0) is 24.4 Å². The molecule has 55 heavy (non-hydrogen) atoms. The van der Waals surface area contributed by atoms with E-state index in [1.54, 1.807) is 58.4 Å². The lowest BCUT2D eigenvalue weighted by Gasteiger charge is -2.43.